The third-order valence-corrected chi connectivity index (χ3v) is 5.22. The summed E-state index contributed by atoms with van der Waals surface area (Å²) in [5, 5.41) is 11.8. The third-order valence-electron chi connectivity index (χ3n) is 5.22. The molecule has 35 heavy (non-hydrogen) atoms. The maximum atomic E-state index is 12.8. The van der Waals surface area contributed by atoms with Gasteiger partial charge in [-0.15, -0.1) is 0 Å². The number of nitrogens with one attached hydrogen (secondary N) is 2. The lowest BCUT2D eigenvalue weighted by Crippen LogP contribution is -2.41. The first-order valence-corrected chi connectivity index (χ1v) is 11.3. The molecule has 3 N–H and O–H groups in total. The Balaban J connectivity index is 1.53. The first-order chi connectivity index (χ1) is 17.0. The van der Waals surface area contributed by atoms with Gasteiger partial charge in [0.05, 0.1) is 19.3 Å². The topological polar surface area (TPSA) is 106 Å². The molecule has 184 valence electrons. The number of ether oxygens (including phenoxy) is 3. The molecule has 3 aromatic carbocycles. The zero-order valence-electron chi connectivity index (χ0n) is 19.6. The Morgan fingerprint density at radius 3 is 2.14 bits per heavy atom. The van der Waals surface area contributed by atoms with Gasteiger partial charge in [0.15, 0.2) is 0 Å². The summed E-state index contributed by atoms with van der Waals surface area (Å²) in [6, 6.07) is 25.3. The number of para-hydroxylation sites is 1. The molecule has 0 aliphatic carbocycles. The number of carbonyl (C=O) groups excluding carboxylic acids is 2. The van der Waals surface area contributed by atoms with Crippen LogP contribution in [0.25, 0.3) is 0 Å². The Labute approximate surface area is 204 Å². The van der Waals surface area contributed by atoms with Crippen LogP contribution in [0.1, 0.15) is 29.3 Å². The molecule has 0 saturated heterocycles. The van der Waals surface area contributed by atoms with Crippen LogP contribution in [0, 0.1) is 5.92 Å². The van der Waals surface area contributed by atoms with Crippen molar-refractivity contribution in [3.8, 4) is 11.5 Å². The zero-order valence-corrected chi connectivity index (χ0v) is 19.6. The van der Waals surface area contributed by atoms with Crippen molar-refractivity contribution in [2.45, 2.75) is 26.0 Å². The fraction of sp³-hybridized carbons (Fsp3) is 0.259. The summed E-state index contributed by atoms with van der Waals surface area (Å²) in [5.74, 6) is -0.0802. The highest BCUT2D eigenvalue weighted by Crippen LogP contribution is 2.21. The van der Waals surface area contributed by atoms with Crippen LogP contribution in [-0.2, 0) is 20.9 Å². The molecule has 0 aliphatic heterocycles. The van der Waals surface area contributed by atoms with Gasteiger partial charge >= 0.3 is 0 Å². The first kappa shape index (κ1) is 25.9. The quantitative estimate of drug-likeness (QED) is 0.146. The molecule has 3 rings (SSSR count). The molecule has 0 radical (unpaired) electrons. The smallest absolute Gasteiger partial charge is 0.251 e. The highest BCUT2D eigenvalue weighted by molar-refractivity contribution is 5.94. The average molecular weight is 479 g/mol. The number of carbonyl (C=O) groups is 2. The summed E-state index contributed by atoms with van der Waals surface area (Å²) >= 11 is 0. The summed E-state index contributed by atoms with van der Waals surface area (Å²) < 4.78 is 16.9. The van der Waals surface area contributed by atoms with Crippen LogP contribution >= 0.6 is 0 Å². The predicted octanol–water partition coefficient (Wildman–Crippen LogP) is 4.30. The van der Waals surface area contributed by atoms with Crippen molar-refractivity contribution in [2.24, 2.45) is 5.92 Å². The molecule has 0 heterocycles. The van der Waals surface area contributed by atoms with E-state index in [1.807, 2.05) is 60.7 Å². The number of amides is 2. The lowest BCUT2D eigenvalue weighted by molar-refractivity contribution is -0.133. The summed E-state index contributed by atoms with van der Waals surface area (Å²) in [7, 11) is 0. The van der Waals surface area contributed by atoms with E-state index in [4.69, 9.17) is 19.4 Å². The van der Waals surface area contributed by atoms with E-state index < -0.39 is 17.9 Å². The molecule has 2 unspecified atom stereocenters. The van der Waals surface area contributed by atoms with E-state index in [0.29, 0.717) is 23.7 Å². The Morgan fingerprint density at radius 1 is 0.857 bits per heavy atom. The first-order valence-electron chi connectivity index (χ1n) is 11.3. The molecule has 2 amide bonds. The van der Waals surface area contributed by atoms with Gasteiger partial charge in [-0.2, -0.15) is 0 Å². The van der Waals surface area contributed by atoms with Gasteiger partial charge in [-0.1, -0.05) is 55.5 Å². The van der Waals surface area contributed by atoms with Gasteiger partial charge in [0, 0.05) is 11.5 Å². The highest BCUT2D eigenvalue weighted by atomic mass is 16.7. The van der Waals surface area contributed by atoms with Gasteiger partial charge in [0.25, 0.3) is 5.91 Å². The van der Waals surface area contributed by atoms with E-state index in [-0.39, 0.29) is 25.7 Å². The molecule has 0 saturated carbocycles. The summed E-state index contributed by atoms with van der Waals surface area (Å²) in [4.78, 5) is 24.6. The fourth-order valence-electron chi connectivity index (χ4n) is 3.36. The summed E-state index contributed by atoms with van der Waals surface area (Å²) in [5.41, 5.74) is 3.11. The van der Waals surface area contributed by atoms with Gasteiger partial charge in [-0.05, 0) is 48.4 Å². The minimum absolute atomic E-state index is 0.0351. The van der Waals surface area contributed by atoms with Crippen LogP contribution in [0.2, 0.25) is 0 Å². The van der Waals surface area contributed by atoms with Crippen molar-refractivity contribution >= 4 is 11.8 Å². The van der Waals surface area contributed by atoms with E-state index in [9.17, 15) is 9.59 Å². The lowest BCUT2D eigenvalue weighted by Gasteiger charge is -2.21. The maximum Gasteiger partial charge on any atom is 0.251 e. The van der Waals surface area contributed by atoms with Crippen LogP contribution in [0.5, 0.6) is 11.5 Å². The number of rotatable bonds is 13. The van der Waals surface area contributed by atoms with Gasteiger partial charge < -0.3 is 19.5 Å². The van der Waals surface area contributed by atoms with Crippen molar-refractivity contribution in [3.63, 3.8) is 0 Å². The Bertz CT molecular complexity index is 1040. The Morgan fingerprint density at radius 2 is 1.49 bits per heavy atom. The number of hydroxylamine groups is 1. The third kappa shape index (κ3) is 8.86. The van der Waals surface area contributed by atoms with Crippen molar-refractivity contribution < 1.29 is 29.0 Å². The van der Waals surface area contributed by atoms with Crippen molar-refractivity contribution in [1.82, 2.24) is 10.8 Å². The van der Waals surface area contributed by atoms with E-state index in [1.165, 1.54) is 0 Å². The second kappa shape index (κ2) is 13.9. The van der Waals surface area contributed by atoms with Crippen LogP contribution in [0.15, 0.2) is 84.9 Å². The van der Waals surface area contributed by atoms with Crippen LogP contribution < -0.4 is 15.5 Å². The van der Waals surface area contributed by atoms with Gasteiger partial charge in [0.1, 0.15) is 18.3 Å². The minimum atomic E-state index is -0.541. The molecule has 0 bridgehead atoms. The monoisotopic (exact) mass is 478 g/mol. The van der Waals surface area contributed by atoms with Crippen molar-refractivity contribution in [3.05, 3.63) is 96.1 Å². The summed E-state index contributed by atoms with van der Waals surface area (Å²) in [6.07, 6.45) is 0.270. The van der Waals surface area contributed by atoms with Crippen molar-refractivity contribution in [2.75, 3.05) is 13.4 Å². The molecule has 8 nitrogen and oxygen atoms in total. The Hall–Kier alpha value is -3.72. The standard InChI is InChI=1S/C27H30N2O6/c1-20(26(30)29-32)16-23(18-34-19-33-17-21-8-4-2-5-9-21)28-27(31)22-12-14-25(15-13-22)35-24-10-6-3-7-11-24/h2-15,20,23,32H,16-19H2,1H3,(H,28,31)(H,29,30). The fourth-order valence-corrected chi connectivity index (χ4v) is 3.36. The number of benzene rings is 3. The van der Waals surface area contributed by atoms with Crippen LogP contribution in [0.3, 0.4) is 0 Å². The van der Waals surface area contributed by atoms with Gasteiger partial charge in [-0.3, -0.25) is 14.8 Å². The van der Waals surface area contributed by atoms with Gasteiger partial charge in [0.2, 0.25) is 5.91 Å². The molecular formula is C27H30N2O6. The largest absolute Gasteiger partial charge is 0.457 e. The van der Waals surface area contributed by atoms with Gasteiger partial charge in [-0.25, -0.2) is 5.48 Å². The lowest BCUT2D eigenvalue weighted by atomic mass is 10.0. The predicted molar refractivity (Wildman–Crippen MR) is 130 cm³/mol. The summed E-state index contributed by atoms with van der Waals surface area (Å²) in [6.45, 7) is 2.23. The van der Waals surface area contributed by atoms with E-state index in [1.54, 1.807) is 36.7 Å². The van der Waals surface area contributed by atoms with Crippen LogP contribution in [-0.4, -0.2) is 36.5 Å². The normalized spacial score (nSPS) is 12.4. The molecule has 3 aromatic rings. The molecule has 0 spiro atoms. The molecule has 0 fully saturated rings. The van der Waals surface area contributed by atoms with E-state index >= 15 is 0 Å². The van der Waals surface area contributed by atoms with Crippen LogP contribution in [0.4, 0.5) is 0 Å². The molecular weight excluding hydrogens is 448 g/mol. The highest BCUT2D eigenvalue weighted by Gasteiger charge is 2.21. The minimum Gasteiger partial charge on any atom is -0.457 e. The molecule has 0 aliphatic rings. The second-order valence-corrected chi connectivity index (χ2v) is 8.05. The average Bonchev–Trinajstić information content (AvgIpc) is 2.89. The molecule has 0 aromatic heterocycles. The number of hydrogen-bond donors (Lipinski definition) is 3. The second-order valence-electron chi connectivity index (χ2n) is 8.05. The maximum absolute atomic E-state index is 12.8. The van der Waals surface area contributed by atoms with E-state index in [2.05, 4.69) is 5.32 Å². The zero-order chi connectivity index (χ0) is 24.9. The van der Waals surface area contributed by atoms with Crippen molar-refractivity contribution in [1.29, 1.82) is 0 Å². The van der Waals surface area contributed by atoms with E-state index in [0.717, 1.165) is 5.56 Å². The number of hydrogen-bond acceptors (Lipinski definition) is 6. The SMILES string of the molecule is CC(CC(COCOCc1ccccc1)NC(=O)c1ccc(Oc2ccccc2)cc1)C(=O)NO. The molecule has 2 atom stereocenters. The molecule has 8 heteroatoms. The Kier molecular flexibility index (Phi) is 10.3.